The van der Waals surface area contributed by atoms with E-state index in [4.69, 9.17) is 10.5 Å². The fourth-order valence-electron chi connectivity index (χ4n) is 2.14. The lowest BCUT2D eigenvalue weighted by Crippen LogP contribution is -2.45. The fourth-order valence-corrected chi connectivity index (χ4v) is 2.14. The molecule has 0 amide bonds. The van der Waals surface area contributed by atoms with E-state index >= 15 is 0 Å². The number of aromatic nitrogens is 1. The highest BCUT2D eigenvalue weighted by Gasteiger charge is 2.41. The van der Waals surface area contributed by atoms with E-state index in [2.05, 4.69) is 17.2 Å². The topological polar surface area (TPSA) is 60.2 Å². The predicted octanol–water partition coefficient (Wildman–Crippen LogP) is 2.41. The van der Waals surface area contributed by atoms with E-state index < -0.39 is 0 Å². The summed E-state index contributed by atoms with van der Waals surface area (Å²) in [5.74, 6) is 2.25. The first-order chi connectivity index (χ1) is 8.55. The molecule has 0 aromatic carbocycles. The van der Waals surface area contributed by atoms with Crippen LogP contribution in [0.1, 0.15) is 33.6 Å². The molecule has 18 heavy (non-hydrogen) atoms. The quantitative estimate of drug-likeness (QED) is 0.812. The summed E-state index contributed by atoms with van der Waals surface area (Å²) in [5.41, 5.74) is 5.84. The summed E-state index contributed by atoms with van der Waals surface area (Å²) in [7, 11) is 0. The predicted molar refractivity (Wildman–Crippen MR) is 73.8 cm³/mol. The SMILES string of the molecule is CC(C)Oc1cccnc1NC(C)(CN)C1CC1. The smallest absolute Gasteiger partial charge is 0.169 e. The zero-order valence-corrected chi connectivity index (χ0v) is 11.4. The summed E-state index contributed by atoms with van der Waals surface area (Å²) in [6, 6.07) is 3.83. The summed E-state index contributed by atoms with van der Waals surface area (Å²) < 4.78 is 5.77. The highest BCUT2D eigenvalue weighted by Crippen LogP contribution is 2.41. The van der Waals surface area contributed by atoms with Crippen LogP contribution in [-0.4, -0.2) is 23.2 Å². The highest BCUT2D eigenvalue weighted by atomic mass is 16.5. The van der Waals surface area contributed by atoms with Gasteiger partial charge >= 0.3 is 0 Å². The third-order valence-electron chi connectivity index (χ3n) is 3.44. The largest absolute Gasteiger partial charge is 0.487 e. The van der Waals surface area contributed by atoms with E-state index in [9.17, 15) is 0 Å². The minimum atomic E-state index is -0.0799. The molecular formula is C14H23N3O. The lowest BCUT2D eigenvalue weighted by atomic mass is 9.96. The van der Waals surface area contributed by atoms with Crippen LogP contribution in [0.25, 0.3) is 0 Å². The van der Waals surface area contributed by atoms with Gasteiger partial charge < -0.3 is 15.8 Å². The van der Waals surface area contributed by atoms with Crippen LogP contribution in [0.5, 0.6) is 5.75 Å². The molecule has 0 radical (unpaired) electrons. The maximum absolute atomic E-state index is 5.92. The normalized spacial score (nSPS) is 18.5. The molecule has 1 aliphatic rings. The minimum absolute atomic E-state index is 0.0799. The second-order valence-electron chi connectivity index (χ2n) is 5.54. The first kappa shape index (κ1) is 13.1. The molecule has 4 heteroatoms. The molecule has 1 heterocycles. The van der Waals surface area contributed by atoms with Gasteiger partial charge in [0.15, 0.2) is 11.6 Å². The molecule has 1 aromatic heterocycles. The summed E-state index contributed by atoms with van der Waals surface area (Å²) >= 11 is 0. The molecule has 0 bridgehead atoms. The Morgan fingerprint density at radius 3 is 2.83 bits per heavy atom. The van der Waals surface area contributed by atoms with Gasteiger partial charge in [0.2, 0.25) is 0 Å². The lowest BCUT2D eigenvalue weighted by Gasteiger charge is -2.31. The zero-order valence-electron chi connectivity index (χ0n) is 11.4. The molecule has 1 aliphatic carbocycles. The van der Waals surface area contributed by atoms with Crippen LogP contribution in [0.4, 0.5) is 5.82 Å². The number of hydrogen-bond donors (Lipinski definition) is 2. The second kappa shape index (κ2) is 5.14. The van der Waals surface area contributed by atoms with Crippen molar-refractivity contribution < 1.29 is 4.74 Å². The molecule has 4 nitrogen and oxygen atoms in total. The molecule has 100 valence electrons. The molecule has 0 saturated heterocycles. The van der Waals surface area contributed by atoms with E-state index in [1.165, 1.54) is 12.8 Å². The third kappa shape index (κ3) is 2.93. The van der Waals surface area contributed by atoms with Crippen molar-refractivity contribution in [3.05, 3.63) is 18.3 Å². The molecule has 1 fully saturated rings. The minimum Gasteiger partial charge on any atom is -0.487 e. The number of nitrogens with zero attached hydrogens (tertiary/aromatic N) is 1. The monoisotopic (exact) mass is 249 g/mol. The van der Waals surface area contributed by atoms with Gasteiger partial charge in [-0.15, -0.1) is 0 Å². The Balaban J connectivity index is 2.17. The van der Waals surface area contributed by atoms with Crippen molar-refractivity contribution in [1.29, 1.82) is 0 Å². The Bertz CT molecular complexity index is 404. The third-order valence-corrected chi connectivity index (χ3v) is 3.44. The van der Waals surface area contributed by atoms with E-state index in [-0.39, 0.29) is 11.6 Å². The number of ether oxygens (including phenoxy) is 1. The molecule has 3 N–H and O–H groups in total. The first-order valence-electron chi connectivity index (χ1n) is 6.65. The second-order valence-corrected chi connectivity index (χ2v) is 5.54. The van der Waals surface area contributed by atoms with Crippen LogP contribution in [0.3, 0.4) is 0 Å². The number of pyridine rings is 1. The molecule has 1 saturated carbocycles. The van der Waals surface area contributed by atoms with Crippen LogP contribution < -0.4 is 15.8 Å². The van der Waals surface area contributed by atoms with Crippen LogP contribution in [0.15, 0.2) is 18.3 Å². The fraction of sp³-hybridized carbons (Fsp3) is 0.643. The van der Waals surface area contributed by atoms with E-state index in [0.717, 1.165) is 11.6 Å². The summed E-state index contributed by atoms with van der Waals surface area (Å²) in [5, 5.41) is 3.48. The number of anilines is 1. The van der Waals surface area contributed by atoms with Gasteiger partial charge in [0.05, 0.1) is 11.6 Å². The molecule has 2 rings (SSSR count). The number of rotatable bonds is 6. The van der Waals surface area contributed by atoms with Gasteiger partial charge in [-0.05, 0) is 51.7 Å². The van der Waals surface area contributed by atoms with Crippen molar-refractivity contribution >= 4 is 5.82 Å². The Morgan fingerprint density at radius 2 is 2.28 bits per heavy atom. The number of nitrogens with two attached hydrogens (primary N) is 1. The van der Waals surface area contributed by atoms with E-state index in [0.29, 0.717) is 12.5 Å². The maximum Gasteiger partial charge on any atom is 0.169 e. The van der Waals surface area contributed by atoms with Gasteiger partial charge in [0.1, 0.15) is 0 Å². The van der Waals surface area contributed by atoms with Gasteiger partial charge in [0, 0.05) is 12.7 Å². The Kier molecular flexibility index (Phi) is 3.76. The van der Waals surface area contributed by atoms with Gasteiger partial charge in [-0.25, -0.2) is 4.98 Å². The van der Waals surface area contributed by atoms with Crippen molar-refractivity contribution in [2.45, 2.75) is 45.3 Å². The Morgan fingerprint density at radius 1 is 1.56 bits per heavy atom. The van der Waals surface area contributed by atoms with Crippen LogP contribution >= 0.6 is 0 Å². The summed E-state index contributed by atoms with van der Waals surface area (Å²) in [6.07, 6.45) is 4.40. The maximum atomic E-state index is 5.92. The van der Waals surface area contributed by atoms with Gasteiger partial charge in [-0.3, -0.25) is 0 Å². The van der Waals surface area contributed by atoms with Crippen LogP contribution in [0, 0.1) is 5.92 Å². The zero-order chi connectivity index (χ0) is 13.2. The van der Waals surface area contributed by atoms with E-state index in [1.54, 1.807) is 6.20 Å². The van der Waals surface area contributed by atoms with Crippen molar-refractivity contribution in [2.75, 3.05) is 11.9 Å². The van der Waals surface area contributed by atoms with Crippen molar-refractivity contribution in [2.24, 2.45) is 11.7 Å². The standard InChI is InChI=1S/C14H23N3O/c1-10(2)18-12-5-4-8-16-13(12)17-14(3,9-15)11-6-7-11/h4-5,8,10-11H,6-7,9,15H2,1-3H3,(H,16,17). The van der Waals surface area contributed by atoms with Gasteiger partial charge in [0.25, 0.3) is 0 Å². The molecule has 1 atom stereocenters. The molecule has 0 spiro atoms. The molecular weight excluding hydrogens is 226 g/mol. The van der Waals surface area contributed by atoms with Crippen molar-refractivity contribution in [1.82, 2.24) is 4.98 Å². The number of hydrogen-bond acceptors (Lipinski definition) is 4. The summed E-state index contributed by atoms with van der Waals surface area (Å²) in [4.78, 5) is 4.38. The van der Waals surface area contributed by atoms with E-state index in [1.807, 2.05) is 26.0 Å². The molecule has 1 aromatic rings. The van der Waals surface area contributed by atoms with Crippen LogP contribution in [-0.2, 0) is 0 Å². The average molecular weight is 249 g/mol. The Hall–Kier alpha value is -1.29. The molecule has 0 aliphatic heterocycles. The average Bonchev–Trinajstić information content (AvgIpc) is 3.15. The van der Waals surface area contributed by atoms with Crippen molar-refractivity contribution in [3.8, 4) is 5.75 Å². The number of nitrogens with one attached hydrogen (secondary N) is 1. The first-order valence-corrected chi connectivity index (χ1v) is 6.65. The van der Waals surface area contributed by atoms with Gasteiger partial charge in [-0.1, -0.05) is 0 Å². The molecule has 1 unspecified atom stereocenters. The van der Waals surface area contributed by atoms with Crippen LogP contribution in [0.2, 0.25) is 0 Å². The Labute approximate surface area is 109 Å². The summed E-state index contributed by atoms with van der Waals surface area (Å²) in [6.45, 7) is 6.80. The van der Waals surface area contributed by atoms with Crippen molar-refractivity contribution in [3.63, 3.8) is 0 Å². The van der Waals surface area contributed by atoms with Gasteiger partial charge in [-0.2, -0.15) is 0 Å². The highest BCUT2D eigenvalue weighted by molar-refractivity contribution is 5.51. The lowest BCUT2D eigenvalue weighted by molar-refractivity contribution is 0.242.